The van der Waals surface area contributed by atoms with Crippen LogP contribution in [0.5, 0.6) is 5.75 Å². The van der Waals surface area contributed by atoms with Crippen molar-refractivity contribution in [3.05, 3.63) is 58.4 Å². The summed E-state index contributed by atoms with van der Waals surface area (Å²) in [6.07, 6.45) is -0.130. The zero-order chi connectivity index (χ0) is 17.0. The highest BCUT2D eigenvalue weighted by atomic mass is 35.5. The van der Waals surface area contributed by atoms with Crippen LogP contribution in [0.1, 0.15) is 24.5 Å². The van der Waals surface area contributed by atoms with Crippen molar-refractivity contribution in [3.8, 4) is 5.75 Å². The van der Waals surface area contributed by atoms with Crippen molar-refractivity contribution in [2.24, 2.45) is 0 Å². The molecular formula is C18H19ClFNO2. The Balaban J connectivity index is 2.08. The second-order valence-electron chi connectivity index (χ2n) is 5.38. The molecule has 2 rings (SSSR count). The van der Waals surface area contributed by atoms with Crippen molar-refractivity contribution in [3.63, 3.8) is 0 Å². The monoisotopic (exact) mass is 335 g/mol. The van der Waals surface area contributed by atoms with Crippen molar-refractivity contribution < 1.29 is 13.9 Å². The highest BCUT2D eigenvalue weighted by molar-refractivity contribution is 6.31. The van der Waals surface area contributed by atoms with Crippen LogP contribution in [0.3, 0.4) is 0 Å². The molecule has 1 amide bonds. The van der Waals surface area contributed by atoms with Gasteiger partial charge in [0.05, 0.1) is 5.02 Å². The molecule has 0 unspecified atom stereocenters. The van der Waals surface area contributed by atoms with Crippen molar-refractivity contribution in [1.82, 2.24) is 0 Å². The Kier molecular flexibility index (Phi) is 5.61. The highest BCUT2D eigenvalue weighted by Crippen LogP contribution is 2.21. The predicted octanol–water partition coefficient (Wildman–Crippen LogP) is 4.89. The Labute approximate surface area is 140 Å². The summed E-state index contributed by atoms with van der Waals surface area (Å²) in [5.41, 5.74) is 2.70. The molecule has 5 heteroatoms. The summed E-state index contributed by atoms with van der Waals surface area (Å²) in [5, 5.41) is 2.66. The standard InChI is InChI=1S/C18H19ClFNO2/c1-4-17(23-14-7-5-11(2)12(3)9-14)18(22)21-13-6-8-16(20)15(19)10-13/h5-10,17H,4H2,1-3H3,(H,21,22)/t17-/m0/s1. The van der Waals surface area contributed by atoms with E-state index in [2.05, 4.69) is 5.32 Å². The third-order valence-electron chi connectivity index (χ3n) is 3.61. The first-order valence-electron chi connectivity index (χ1n) is 7.40. The van der Waals surface area contributed by atoms with Gasteiger partial charge in [0.15, 0.2) is 6.10 Å². The van der Waals surface area contributed by atoms with E-state index in [1.807, 2.05) is 39.0 Å². The molecule has 3 nitrogen and oxygen atoms in total. The maximum atomic E-state index is 13.1. The second kappa shape index (κ2) is 7.47. The first kappa shape index (κ1) is 17.3. The summed E-state index contributed by atoms with van der Waals surface area (Å²) < 4.78 is 18.9. The molecule has 0 fully saturated rings. The number of hydrogen-bond acceptors (Lipinski definition) is 2. The lowest BCUT2D eigenvalue weighted by atomic mass is 10.1. The van der Waals surface area contributed by atoms with Gasteiger partial charge in [-0.3, -0.25) is 4.79 Å². The Morgan fingerprint density at radius 1 is 1.22 bits per heavy atom. The molecule has 0 spiro atoms. The lowest BCUT2D eigenvalue weighted by molar-refractivity contribution is -0.122. The van der Waals surface area contributed by atoms with E-state index in [0.717, 1.165) is 11.1 Å². The van der Waals surface area contributed by atoms with E-state index >= 15 is 0 Å². The highest BCUT2D eigenvalue weighted by Gasteiger charge is 2.19. The molecule has 1 atom stereocenters. The molecule has 1 N–H and O–H groups in total. The molecule has 0 aromatic heterocycles. The summed E-state index contributed by atoms with van der Waals surface area (Å²) in [6, 6.07) is 9.74. The largest absolute Gasteiger partial charge is 0.481 e. The molecule has 2 aromatic carbocycles. The van der Waals surface area contributed by atoms with Gasteiger partial charge in [-0.1, -0.05) is 24.6 Å². The van der Waals surface area contributed by atoms with Crippen LogP contribution in [0, 0.1) is 19.7 Å². The molecule has 0 aliphatic rings. The van der Waals surface area contributed by atoms with Crippen molar-refractivity contribution in [1.29, 1.82) is 0 Å². The van der Waals surface area contributed by atoms with Crippen molar-refractivity contribution in [2.75, 3.05) is 5.32 Å². The van der Waals surface area contributed by atoms with Gasteiger partial charge >= 0.3 is 0 Å². The van der Waals surface area contributed by atoms with Gasteiger partial charge in [0.25, 0.3) is 5.91 Å². The minimum absolute atomic E-state index is 0.0362. The van der Waals surface area contributed by atoms with Crippen molar-refractivity contribution >= 4 is 23.2 Å². The molecule has 0 aliphatic heterocycles. The molecule has 0 saturated heterocycles. The van der Waals surface area contributed by atoms with Gasteiger partial charge in [-0.2, -0.15) is 0 Å². The average Bonchev–Trinajstić information content (AvgIpc) is 2.52. The zero-order valence-corrected chi connectivity index (χ0v) is 14.1. The second-order valence-corrected chi connectivity index (χ2v) is 5.79. The van der Waals surface area contributed by atoms with E-state index in [1.54, 1.807) is 0 Å². The first-order chi connectivity index (χ1) is 10.9. The maximum Gasteiger partial charge on any atom is 0.265 e. The molecule has 122 valence electrons. The van der Waals surface area contributed by atoms with E-state index in [1.165, 1.54) is 18.2 Å². The predicted molar refractivity (Wildman–Crippen MR) is 90.7 cm³/mol. The quantitative estimate of drug-likeness (QED) is 0.844. The topological polar surface area (TPSA) is 38.3 Å². The normalized spacial score (nSPS) is 11.9. The minimum Gasteiger partial charge on any atom is -0.481 e. The SMILES string of the molecule is CC[C@H](Oc1ccc(C)c(C)c1)C(=O)Nc1ccc(F)c(Cl)c1. The number of ether oxygens (including phenoxy) is 1. The van der Waals surface area contributed by atoms with Gasteiger partial charge in [0, 0.05) is 5.69 Å². The van der Waals surface area contributed by atoms with Gasteiger partial charge in [-0.05, 0) is 61.7 Å². The van der Waals surface area contributed by atoms with E-state index in [-0.39, 0.29) is 10.9 Å². The van der Waals surface area contributed by atoms with Gasteiger partial charge in [-0.25, -0.2) is 4.39 Å². The van der Waals surface area contributed by atoms with Crippen molar-refractivity contribution in [2.45, 2.75) is 33.3 Å². The number of nitrogens with one attached hydrogen (secondary N) is 1. The fourth-order valence-electron chi connectivity index (χ4n) is 2.07. The Bertz CT molecular complexity index is 718. The van der Waals surface area contributed by atoms with Gasteiger partial charge in [0.2, 0.25) is 0 Å². The summed E-state index contributed by atoms with van der Waals surface area (Å²) >= 11 is 5.72. The van der Waals surface area contributed by atoms with Crippen LogP contribution in [0.15, 0.2) is 36.4 Å². The average molecular weight is 336 g/mol. The number of carbonyl (C=O) groups excluding carboxylic acids is 1. The third kappa shape index (κ3) is 4.45. The van der Waals surface area contributed by atoms with E-state index in [9.17, 15) is 9.18 Å². The Morgan fingerprint density at radius 2 is 1.96 bits per heavy atom. The molecule has 0 aliphatic carbocycles. The third-order valence-corrected chi connectivity index (χ3v) is 3.90. The lowest BCUT2D eigenvalue weighted by Crippen LogP contribution is -2.32. The van der Waals surface area contributed by atoms with Crippen LogP contribution in [0.25, 0.3) is 0 Å². The minimum atomic E-state index is -0.638. The van der Waals surface area contributed by atoms with Crippen LogP contribution < -0.4 is 10.1 Å². The summed E-state index contributed by atoms with van der Waals surface area (Å²) in [6.45, 7) is 5.87. The number of aryl methyl sites for hydroxylation is 2. The molecule has 0 bridgehead atoms. The number of amides is 1. The summed E-state index contributed by atoms with van der Waals surface area (Å²) in [5.74, 6) is -0.177. The van der Waals surface area contributed by atoms with Gasteiger partial charge in [0.1, 0.15) is 11.6 Å². The lowest BCUT2D eigenvalue weighted by Gasteiger charge is -2.18. The molecule has 0 heterocycles. The van der Waals surface area contributed by atoms with Gasteiger partial charge in [-0.15, -0.1) is 0 Å². The van der Waals surface area contributed by atoms with E-state index in [4.69, 9.17) is 16.3 Å². The molecule has 23 heavy (non-hydrogen) atoms. The van der Waals surface area contributed by atoms with Crippen LogP contribution in [-0.2, 0) is 4.79 Å². The smallest absolute Gasteiger partial charge is 0.265 e. The number of benzene rings is 2. The van der Waals surface area contributed by atoms with E-state index in [0.29, 0.717) is 17.9 Å². The van der Waals surface area contributed by atoms with Crippen LogP contribution in [0.2, 0.25) is 5.02 Å². The first-order valence-corrected chi connectivity index (χ1v) is 7.78. The Hall–Kier alpha value is -2.07. The van der Waals surface area contributed by atoms with Gasteiger partial charge < -0.3 is 10.1 Å². The number of anilines is 1. The van der Waals surface area contributed by atoms with Crippen LogP contribution in [-0.4, -0.2) is 12.0 Å². The van der Waals surface area contributed by atoms with Crippen LogP contribution in [0.4, 0.5) is 10.1 Å². The summed E-state index contributed by atoms with van der Waals surface area (Å²) in [4.78, 5) is 12.3. The zero-order valence-electron chi connectivity index (χ0n) is 13.3. The molecule has 0 radical (unpaired) electrons. The van der Waals surface area contributed by atoms with Crippen LogP contribution >= 0.6 is 11.6 Å². The number of rotatable bonds is 5. The number of carbonyl (C=O) groups is 1. The number of halogens is 2. The molecule has 2 aromatic rings. The summed E-state index contributed by atoms with van der Waals surface area (Å²) in [7, 11) is 0. The molecular weight excluding hydrogens is 317 g/mol. The number of hydrogen-bond donors (Lipinski definition) is 1. The fourth-order valence-corrected chi connectivity index (χ4v) is 2.25. The molecule has 0 saturated carbocycles. The fraction of sp³-hybridized carbons (Fsp3) is 0.278. The maximum absolute atomic E-state index is 13.1. The van der Waals surface area contributed by atoms with E-state index < -0.39 is 11.9 Å². The Morgan fingerprint density at radius 3 is 2.57 bits per heavy atom.